The molecule has 0 aromatic heterocycles. The van der Waals surface area contributed by atoms with Crippen LogP contribution in [0.4, 0.5) is 0 Å². The molecular formula is C27H29NO6S2. The predicted octanol–water partition coefficient (Wildman–Crippen LogP) is 4.59. The maximum atomic E-state index is 13.3. The minimum absolute atomic E-state index is 0.0713. The molecule has 0 aliphatic carbocycles. The first-order valence-corrected chi connectivity index (χ1v) is 13.5. The second-order valence-corrected chi connectivity index (χ2v) is 11.4. The third-order valence-corrected chi connectivity index (χ3v) is 8.51. The Kier molecular flexibility index (Phi) is 8.94. The van der Waals surface area contributed by atoms with Crippen molar-refractivity contribution in [3.8, 4) is 0 Å². The number of aryl methyl sites for hydroxylation is 2. The molecule has 0 aliphatic heterocycles. The molecule has 1 N–H and O–H groups in total. The highest BCUT2D eigenvalue weighted by atomic mass is 32.2. The molecule has 190 valence electrons. The van der Waals surface area contributed by atoms with E-state index in [4.69, 9.17) is 9.47 Å². The number of thioether (sulfide) groups is 1. The second-order valence-electron chi connectivity index (χ2n) is 8.33. The van der Waals surface area contributed by atoms with Crippen molar-refractivity contribution in [3.05, 3.63) is 95.6 Å². The fourth-order valence-corrected chi connectivity index (χ4v) is 6.17. The third-order valence-electron chi connectivity index (χ3n) is 5.67. The quantitative estimate of drug-likeness (QED) is 0.234. The minimum Gasteiger partial charge on any atom is -0.468 e. The Balaban J connectivity index is 2.10. The van der Waals surface area contributed by atoms with E-state index in [1.54, 1.807) is 54.6 Å². The topological polar surface area (TPSA) is 98.8 Å². The van der Waals surface area contributed by atoms with Gasteiger partial charge in [0.05, 0.1) is 19.1 Å². The zero-order valence-corrected chi connectivity index (χ0v) is 22.2. The molecule has 3 rings (SSSR count). The Labute approximate surface area is 216 Å². The Morgan fingerprint density at radius 3 is 1.83 bits per heavy atom. The number of sulfonamides is 1. The second kappa shape index (κ2) is 11.7. The molecule has 1 unspecified atom stereocenters. The predicted molar refractivity (Wildman–Crippen MR) is 139 cm³/mol. The highest BCUT2D eigenvalue weighted by Gasteiger charge is 2.52. The summed E-state index contributed by atoms with van der Waals surface area (Å²) in [6.07, 6.45) is -0.250. The molecule has 0 radical (unpaired) electrons. The molecule has 7 nitrogen and oxygen atoms in total. The summed E-state index contributed by atoms with van der Waals surface area (Å²) in [6.45, 7) is 3.79. The van der Waals surface area contributed by atoms with Crippen LogP contribution in [0.15, 0.2) is 88.7 Å². The van der Waals surface area contributed by atoms with Crippen LogP contribution >= 0.6 is 11.8 Å². The van der Waals surface area contributed by atoms with E-state index in [1.165, 1.54) is 26.4 Å². The molecule has 9 heteroatoms. The Morgan fingerprint density at radius 1 is 0.833 bits per heavy atom. The number of hydrogen-bond donors (Lipinski definition) is 1. The Bertz CT molecular complexity index is 1270. The average molecular weight is 528 g/mol. The fourth-order valence-electron chi connectivity index (χ4n) is 3.69. The number of esters is 2. The van der Waals surface area contributed by atoms with E-state index < -0.39 is 32.8 Å². The maximum Gasteiger partial charge on any atom is 0.333 e. The van der Waals surface area contributed by atoms with E-state index in [9.17, 15) is 18.0 Å². The van der Waals surface area contributed by atoms with Gasteiger partial charge in [-0.15, -0.1) is 0 Å². The van der Waals surface area contributed by atoms with Crippen molar-refractivity contribution in [2.45, 2.75) is 40.8 Å². The highest BCUT2D eigenvalue weighted by Crippen LogP contribution is 2.42. The first-order valence-electron chi connectivity index (χ1n) is 11.2. The lowest BCUT2D eigenvalue weighted by Crippen LogP contribution is -2.48. The summed E-state index contributed by atoms with van der Waals surface area (Å²) < 4.78 is 37.6. The van der Waals surface area contributed by atoms with E-state index in [0.717, 1.165) is 22.9 Å². The number of nitrogens with one attached hydrogen (secondary N) is 1. The summed E-state index contributed by atoms with van der Waals surface area (Å²) in [5, 5.41) is 0. The van der Waals surface area contributed by atoms with Gasteiger partial charge in [0.15, 0.2) is 0 Å². The maximum absolute atomic E-state index is 13.3. The number of benzene rings is 3. The van der Waals surface area contributed by atoms with Gasteiger partial charge >= 0.3 is 11.9 Å². The number of ether oxygens (including phenoxy) is 2. The molecule has 1 atom stereocenters. The molecular weight excluding hydrogens is 498 g/mol. The van der Waals surface area contributed by atoms with Crippen molar-refractivity contribution in [1.82, 2.24) is 4.72 Å². The van der Waals surface area contributed by atoms with Crippen LogP contribution in [0.3, 0.4) is 0 Å². The Hall–Kier alpha value is -3.14. The zero-order valence-electron chi connectivity index (χ0n) is 20.6. The summed E-state index contributed by atoms with van der Waals surface area (Å²) in [6, 6.07) is 21.5. The van der Waals surface area contributed by atoms with E-state index in [0.29, 0.717) is 10.5 Å². The van der Waals surface area contributed by atoms with Crippen LogP contribution in [0.1, 0.15) is 29.2 Å². The third kappa shape index (κ3) is 6.34. The number of carbonyl (C=O) groups is 2. The number of carbonyl (C=O) groups excluding carboxylic acids is 2. The molecule has 36 heavy (non-hydrogen) atoms. The average Bonchev–Trinajstić information content (AvgIpc) is 2.88. The highest BCUT2D eigenvalue weighted by molar-refractivity contribution is 8.02. The lowest BCUT2D eigenvalue weighted by atomic mass is 9.94. The largest absolute Gasteiger partial charge is 0.468 e. The normalized spacial score (nSPS) is 12.6. The van der Waals surface area contributed by atoms with Crippen LogP contribution < -0.4 is 4.72 Å². The molecule has 3 aromatic carbocycles. The fraction of sp³-hybridized carbons (Fsp3) is 0.259. The van der Waals surface area contributed by atoms with Crippen LogP contribution in [-0.2, 0) is 29.1 Å². The summed E-state index contributed by atoms with van der Waals surface area (Å²) in [5.74, 6) is -1.68. The van der Waals surface area contributed by atoms with Gasteiger partial charge in [0.2, 0.25) is 14.8 Å². The molecule has 0 saturated heterocycles. The molecule has 0 spiro atoms. The molecule has 3 aromatic rings. The van der Waals surface area contributed by atoms with Crippen LogP contribution in [-0.4, -0.2) is 39.3 Å². The minimum atomic E-state index is -4.00. The summed E-state index contributed by atoms with van der Waals surface area (Å²) in [5.41, 5.74) is 2.50. The molecule has 0 saturated carbocycles. The van der Waals surface area contributed by atoms with Gasteiger partial charge < -0.3 is 9.47 Å². The first kappa shape index (κ1) is 27.4. The first-order chi connectivity index (χ1) is 17.1. The van der Waals surface area contributed by atoms with Crippen LogP contribution in [0.25, 0.3) is 0 Å². The van der Waals surface area contributed by atoms with Crippen LogP contribution in [0.2, 0.25) is 0 Å². The van der Waals surface area contributed by atoms with Gasteiger partial charge in [-0.05, 0) is 43.7 Å². The van der Waals surface area contributed by atoms with Crippen molar-refractivity contribution in [2.75, 3.05) is 14.2 Å². The van der Waals surface area contributed by atoms with E-state index >= 15 is 0 Å². The molecule has 0 heterocycles. The van der Waals surface area contributed by atoms with Gasteiger partial charge in [-0.3, -0.25) is 0 Å². The summed E-state index contributed by atoms with van der Waals surface area (Å²) >= 11 is 0.973. The zero-order chi connectivity index (χ0) is 26.3. The van der Waals surface area contributed by atoms with Crippen LogP contribution in [0, 0.1) is 13.8 Å². The number of rotatable bonds is 10. The Morgan fingerprint density at radius 2 is 1.33 bits per heavy atom. The van der Waals surface area contributed by atoms with Crippen LogP contribution in [0.5, 0.6) is 0 Å². The van der Waals surface area contributed by atoms with Gasteiger partial charge in [0.25, 0.3) is 0 Å². The smallest absolute Gasteiger partial charge is 0.333 e. The lowest BCUT2D eigenvalue weighted by molar-refractivity contribution is -0.156. The van der Waals surface area contributed by atoms with Gasteiger partial charge in [0.1, 0.15) is 0 Å². The van der Waals surface area contributed by atoms with E-state index in [1.807, 2.05) is 26.0 Å². The molecule has 0 aliphatic rings. The van der Waals surface area contributed by atoms with Crippen molar-refractivity contribution in [1.29, 1.82) is 0 Å². The van der Waals surface area contributed by atoms with Crippen molar-refractivity contribution < 1.29 is 27.5 Å². The van der Waals surface area contributed by atoms with Gasteiger partial charge in [0, 0.05) is 17.4 Å². The SMILES string of the molecule is COC(=O)C(CC(NS(=O)(=O)c1ccc(C)cc1)c1ccccc1)(Sc1ccc(C)cc1)C(=O)OC. The summed E-state index contributed by atoms with van der Waals surface area (Å²) in [4.78, 5) is 27.1. The summed E-state index contributed by atoms with van der Waals surface area (Å²) in [7, 11) is -1.64. The standard InChI is InChI=1S/C27H29NO6S2/c1-19-10-14-22(15-11-19)35-27(25(29)33-3,26(30)34-4)18-24(21-8-6-5-7-9-21)28-36(31,32)23-16-12-20(2)13-17-23/h5-17,24,28H,18H2,1-4H3. The number of methoxy groups -OCH3 is 2. The number of hydrogen-bond acceptors (Lipinski definition) is 7. The van der Waals surface area contributed by atoms with Gasteiger partial charge in [-0.2, -0.15) is 0 Å². The lowest BCUT2D eigenvalue weighted by Gasteiger charge is -2.32. The van der Waals surface area contributed by atoms with E-state index in [-0.39, 0.29) is 11.3 Å². The van der Waals surface area contributed by atoms with E-state index in [2.05, 4.69) is 4.72 Å². The molecule has 0 bridgehead atoms. The van der Waals surface area contributed by atoms with Gasteiger partial charge in [-0.1, -0.05) is 77.5 Å². The monoisotopic (exact) mass is 527 g/mol. The van der Waals surface area contributed by atoms with Gasteiger partial charge in [-0.25, -0.2) is 22.7 Å². The van der Waals surface area contributed by atoms with Crippen molar-refractivity contribution >= 4 is 33.7 Å². The van der Waals surface area contributed by atoms with Crippen molar-refractivity contribution in [2.24, 2.45) is 0 Å². The molecule has 0 amide bonds. The van der Waals surface area contributed by atoms with Crippen molar-refractivity contribution in [3.63, 3.8) is 0 Å². The molecule has 0 fully saturated rings.